The smallest absolute Gasteiger partial charge is 0.0697 e. The number of aliphatic hydroxyl groups excluding tert-OH is 1. The Bertz CT molecular complexity index is 544. The third-order valence-electron chi connectivity index (χ3n) is 4.31. The maximum Gasteiger partial charge on any atom is 0.0697 e. The molecular formula is C19H22O2. The van der Waals surface area contributed by atoms with Gasteiger partial charge in [0.15, 0.2) is 0 Å². The van der Waals surface area contributed by atoms with Gasteiger partial charge in [0.2, 0.25) is 0 Å². The minimum Gasteiger partial charge on any atom is -0.394 e. The lowest BCUT2D eigenvalue weighted by Gasteiger charge is -2.20. The second-order valence-electron chi connectivity index (χ2n) is 5.57. The Kier molecular flexibility index (Phi) is 4.69. The molecule has 0 radical (unpaired) electrons. The molecule has 0 bridgehead atoms. The van der Waals surface area contributed by atoms with Gasteiger partial charge in [0, 0.05) is 12.5 Å². The maximum absolute atomic E-state index is 8.84. The summed E-state index contributed by atoms with van der Waals surface area (Å²) >= 11 is 0. The van der Waals surface area contributed by atoms with Crippen molar-refractivity contribution in [1.29, 1.82) is 0 Å². The van der Waals surface area contributed by atoms with Gasteiger partial charge in [0.05, 0.1) is 13.2 Å². The lowest BCUT2D eigenvalue weighted by atomic mass is 9.86. The first kappa shape index (κ1) is 14.3. The van der Waals surface area contributed by atoms with E-state index in [1.807, 2.05) is 0 Å². The molecule has 3 rings (SSSR count). The minimum atomic E-state index is 0.0951. The van der Waals surface area contributed by atoms with Crippen molar-refractivity contribution in [1.82, 2.24) is 0 Å². The van der Waals surface area contributed by atoms with Gasteiger partial charge in [-0.2, -0.15) is 0 Å². The van der Waals surface area contributed by atoms with E-state index >= 15 is 0 Å². The van der Waals surface area contributed by atoms with Gasteiger partial charge in [-0.1, -0.05) is 48.5 Å². The lowest BCUT2D eigenvalue weighted by Crippen LogP contribution is -2.09. The van der Waals surface area contributed by atoms with Crippen LogP contribution >= 0.6 is 0 Å². The Morgan fingerprint density at radius 3 is 2.00 bits per heavy atom. The first-order valence-corrected chi connectivity index (χ1v) is 7.74. The van der Waals surface area contributed by atoms with Crippen LogP contribution in [0.25, 0.3) is 0 Å². The van der Waals surface area contributed by atoms with Crippen LogP contribution < -0.4 is 0 Å². The molecule has 1 N–H and O–H groups in total. The Hall–Kier alpha value is -1.64. The Morgan fingerprint density at radius 2 is 1.43 bits per heavy atom. The highest BCUT2D eigenvalue weighted by Crippen LogP contribution is 2.36. The standard InChI is InChI=1S/C19H22O2/c20-12-14-21-13-11-19-17-7-3-1-5-15(17)9-10-16-6-2-4-8-18(16)19/h1-8,19-20H,9-14H2. The van der Waals surface area contributed by atoms with Gasteiger partial charge in [-0.25, -0.2) is 0 Å². The molecule has 2 nitrogen and oxygen atoms in total. The van der Waals surface area contributed by atoms with E-state index in [2.05, 4.69) is 48.5 Å². The molecule has 0 saturated carbocycles. The second kappa shape index (κ2) is 6.88. The number of fused-ring (bicyclic) bond motifs is 2. The molecule has 2 aromatic rings. The van der Waals surface area contributed by atoms with Crippen molar-refractivity contribution >= 4 is 0 Å². The van der Waals surface area contributed by atoms with Crippen LogP contribution in [0.4, 0.5) is 0 Å². The van der Waals surface area contributed by atoms with E-state index in [4.69, 9.17) is 9.84 Å². The van der Waals surface area contributed by atoms with Crippen molar-refractivity contribution < 1.29 is 9.84 Å². The molecule has 0 amide bonds. The molecule has 0 unspecified atom stereocenters. The number of hydrogen-bond acceptors (Lipinski definition) is 2. The van der Waals surface area contributed by atoms with E-state index in [0.717, 1.165) is 19.3 Å². The molecule has 0 fully saturated rings. The SMILES string of the molecule is OCCOCCC1c2ccccc2CCc2ccccc21. The molecule has 2 heteroatoms. The van der Waals surface area contributed by atoms with Crippen molar-refractivity contribution in [3.05, 3.63) is 70.8 Å². The average molecular weight is 282 g/mol. The van der Waals surface area contributed by atoms with E-state index in [0.29, 0.717) is 19.1 Å². The Balaban J connectivity index is 1.91. The summed E-state index contributed by atoms with van der Waals surface area (Å²) in [4.78, 5) is 0. The van der Waals surface area contributed by atoms with Crippen LogP contribution in [0, 0.1) is 0 Å². The molecule has 2 aromatic carbocycles. The summed E-state index contributed by atoms with van der Waals surface area (Å²) in [6.07, 6.45) is 3.19. The van der Waals surface area contributed by atoms with E-state index in [1.165, 1.54) is 22.3 Å². The largest absolute Gasteiger partial charge is 0.394 e. The summed E-state index contributed by atoms with van der Waals surface area (Å²) in [5.74, 6) is 0.401. The average Bonchev–Trinajstić information content (AvgIpc) is 2.69. The molecule has 110 valence electrons. The van der Waals surface area contributed by atoms with Crippen LogP contribution in [0.2, 0.25) is 0 Å². The summed E-state index contributed by atoms with van der Waals surface area (Å²) in [5, 5.41) is 8.84. The highest BCUT2D eigenvalue weighted by molar-refractivity contribution is 5.44. The van der Waals surface area contributed by atoms with E-state index in [-0.39, 0.29) is 6.61 Å². The molecule has 0 aliphatic heterocycles. The molecule has 21 heavy (non-hydrogen) atoms. The van der Waals surface area contributed by atoms with Gasteiger partial charge in [-0.05, 0) is 41.5 Å². The highest BCUT2D eigenvalue weighted by atomic mass is 16.5. The van der Waals surface area contributed by atoms with Gasteiger partial charge >= 0.3 is 0 Å². The topological polar surface area (TPSA) is 29.5 Å². The molecule has 0 spiro atoms. The van der Waals surface area contributed by atoms with Gasteiger partial charge < -0.3 is 9.84 Å². The first-order chi connectivity index (χ1) is 10.4. The number of rotatable bonds is 5. The van der Waals surface area contributed by atoms with Crippen LogP contribution in [0.1, 0.15) is 34.6 Å². The Morgan fingerprint density at radius 1 is 0.857 bits per heavy atom. The van der Waals surface area contributed by atoms with Gasteiger partial charge in [0.1, 0.15) is 0 Å². The van der Waals surface area contributed by atoms with Crippen molar-refractivity contribution in [2.75, 3.05) is 19.8 Å². The third-order valence-corrected chi connectivity index (χ3v) is 4.31. The lowest BCUT2D eigenvalue weighted by molar-refractivity contribution is 0.0889. The highest BCUT2D eigenvalue weighted by Gasteiger charge is 2.22. The Labute approximate surface area is 126 Å². The summed E-state index contributed by atoms with van der Waals surface area (Å²) in [5.41, 5.74) is 5.80. The summed E-state index contributed by atoms with van der Waals surface area (Å²) < 4.78 is 5.51. The number of aliphatic hydroxyl groups is 1. The van der Waals surface area contributed by atoms with Crippen LogP contribution in [-0.2, 0) is 17.6 Å². The van der Waals surface area contributed by atoms with Gasteiger partial charge in [-0.15, -0.1) is 0 Å². The van der Waals surface area contributed by atoms with Crippen LogP contribution in [-0.4, -0.2) is 24.9 Å². The first-order valence-electron chi connectivity index (χ1n) is 7.74. The summed E-state index contributed by atoms with van der Waals surface area (Å²) in [6.45, 7) is 1.21. The van der Waals surface area contributed by atoms with E-state index in [1.54, 1.807) is 0 Å². The number of aryl methyl sites for hydroxylation is 2. The predicted octanol–water partition coefficient (Wildman–Crippen LogP) is 3.32. The third kappa shape index (κ3) is 3.17. The van der Waals surface area contributed by atoms with Crippen molar-refractivity contribution in [3.8, 4) is 0 Å². The fourth-order valence-electron chi connectivity index (χ4n) is 3.32. The quantitative estimate of drug-likeness (QED) is 0.853. The fraction of sp³-hybridized carbons (Fsp3) is 0.368. The van der Waals surface area contributed by atoms with Crippen LogP contribution in [0.3, 0.4) is 0 Å². The molecule has 1 aliphatic rings. The summed E-state index contributed by atoms with van der Waals surface area (Å²) in [7, 11) is 0. The van der Waals surface area contributed by atoms with Gasteiger partial charge in [-0.3, -0.25) is 0 Å². The zero-order valence-electron chi connectivity index (χ0n) is 12.3. The molecule has 0 aromatic heterocycles. The number of benzene rings is 2. The zero-order chi connectivity index (χ0) is 14.5. The molecule has 0 saturated heterocycles. The van der Waals surface area contributed by atoms with Crippen molar-refractivity contribution in [2.24, 2.45) is 0 Å². The van der Waals surface area contributed by atoms with Gasteiger partial charge in [0.25, 0.3) is 0 Å². The normalized spacial score (nSPS) is 14.3. The second-order valence-corrected chi connectivity index (χ2v) is 5.57. The maximum atomic E-state index is 8.84. The fourth-order valence-corrected chi connectivity index (χ4v) is 3.32. The van der Waals surface area contributed by atoms with Crippen molar-refractivity contribution in [2.45, 2.75) is 25.2 Å². The summed E-state index contributed by atoms with van der Waals surface area (Å²) in [6, 6.07) is 17.6. The zero-order valence-corrected chi connectivity index (χ0v) is 12.3. The molecule has 1 aliphatic carbocycles. The molecular weight excluding hydrogens is 260 g/mol. The molecule has 0 heterocycles. The van der Waals surface area contributed by atoms with Crippen LogP contribution in [0.5, 0.6) is 0 Å². The number of ether oxygens (including phenoxy) is 1. The van der Waals surface area contributed by atoms with Crippen LogP contribution in [0.15, 0.2) is 48.5 Å². The number of hydrogen-bond donors (Lipinski definition) is 1. The molecule has 0 atom stereocenters. The predicted molar refractivity (Wildman–Crippen MR) is 84.7 cm³/mol. The van der Waals surface area contributed by atoms with E-state index < -0.39 is 0 Å². The van der Waals surface area contributed by atoms with E-state index in [9.17, 15) is 0 Å². The minimum absolute atomic E-state index is 0.0951. The van der Waals surface area contributed by atoms with Crippen molar-refractivity contribution in [3.63, 3.8) is 0 Å². The monoisotopic (exact) mass is 282 g/mol.